The normalized spacial score (nSPS) is 19.4. The summed E-state index contributed by atoms with van der Waals surface area (Å²) >= 11 is 0. The summed E-state index contributed by atoms with van der Waals surface area (Å²) < 4.78 is 0. The van der Waals surface area contributed by atoms with Gasteiger partial charge < -0.3 is 10.0 Å². The Hall–Kier alpha value is -1.84. The zero-order valence-electron chi connectivity index (χ0n) is 11.6. The number of fused-ring (bicyclic) bond motifs is 1. The molecule has 1 fully saturated rings. The van der Waals surface area contributed by atoms with Gasteiger partial charge >= 0.3 is 5.97 Å². The molecule has 4 heteroatoms. The first-order valence-corrected chi connectivity index (χ1v) is 7.25. The smallest absolute Gasteiger partial charge is 0.335 e. The van der Waals surface area contributed by atoms with E-state index in [1.54, 1.807) is 18.2 Å². The van der Waals surface area contributed by atoms with E-state index in [4.69, 9.17) is 5.11 Å². The van der Waals surface area contributed by atoms with Gasteiger partial charge in [0.05, 0.1) is 5.56 Å². The molecule has 1 amide bonds. The predicted molar refractivity (Wildman–Crippen MR) is 76.0 cm³/mol. The Labute approximate surface area is 118 Å². The average molecular weight is 273 g/mol. The van der Waals surface area contributed by atoms with Crippen molar-refractivity contribution in [1.29, 1.82) is 0 Å². The minimum Gasteiger partial charge on any atom is -0.478 e. The van der Waals surface area contributed by atoms with E-state index in [9.17, 15) is 9.59 Å². The third-order valence-electron chi connectivity index (χ3n) is 4.43. The van der Waals surface area contributed by atoms with Crippen LogP contribution in [0, 0.1) is 11.8 Å². The van der Waals surface area contributed by atoms with Crippen LogP contribution in [0.15, 0.2) is 18.2 Å². The molecule has 1 atom stereocenters. The lowest BCUT2D eigenvalue weighted by atomic mass is 9.96. The zero-order chi connectivity index (χ0) is 14.3. The lowest BCUT2D eigenvalue weighted by molar-refractivity contribution is -0.122. The molecule has 0 aromatic heterocycles. The van der Waals surface area contributed by atoms with Crippen LogP contribution in [0.2, 0.25) is 0 Å². The van der Waals surface area contributed by atoms with E-state index in [2.05, 4.69) is 0 Å². The van der Waals surface area contributed by atoms with Crippen LogP contribution in [0.3, 0.4) is 0 Å². The maximum absolute atomic E-state index is 12.6. The molecule has 106 valence electrons. The van der Waals surface area contributed by atoms with Gasteiger partial charge in [-0.2, -0.15) is 0 Å². The van der Waals surface area contributed by atoms with Crippen molar-refractivity contribution in [1.82, 2.24) is 0 Å². The van der Waals surface area contributed by atoms with Gasteiger partial charge in [0.1, 0.15) is 0 Å². The minimum absolute atomic E-state index is 0.0834. The largest absolute Gasteiger partial charge is 0.478 e. The zero-order valence-corrected chi connectivity index (χ0v) is 11.6. The molecule has 1 aliphatic heterocycles. The number of carboxylic acid groups (broad SMARTS) is 1. The first kappa shape index (κ1) is 13.2. The van der Waals surface area contributed by atoms with E-state index in [0.29, 0.717) is 11.5 Å². The quantitative estimate of drug-likeness (QED) is 0.921. The number of carboxylic acids is 1. The van der Waals surface area contributed by atoms with E-state index in [1.807, 2.05) is 11.8 Å². The first-order chi connectivity index (χ1) is 9.58. The van der Waals surface area contributed by atoms with Crippen molar-refractivity contribution in [2.45, 2.75) is 32.6 Å². The fourth-order valence-corrected chi connectivity index (χ4v) is 3.00. The summed E-state index contributed by atoms with van der Waals surface area (Å²) in [5.74, 6) is -0.0922. The van der Waals surface area contributed by atoms with Crippen molar-refractivity contribution in [3.8, 4) is 0 Å². The molecule has 1 saturated carbocycles. The number of hydrogen-bond acceptors (Lipinski definition) is 2. The first-order valence-electron chi connectivity index (χ1n) is 7.25. The van der Waals surface area contributed by atoms with E-state index in [1.165, 1.54) is 0 Å². The fraction of sp³-hybridized carbons (Fsp3) is 0.500. The van der Waals surface area contributed by atoms with E-state index in [-0.39, 0.29) is 11.8 Å². The Bertz CT molecular complexity index is 563. The van der Waals surface area contributed by atoms with Crippen molar-refractivity contribution in [3.05, 3.63) is 29.3 Å². The minimum atomic E-state index is -0.914. The van der Waals surface area contributed by atoms with Gasteiger partial charge in [-0.05, 0) is 55.4 Å². The number of aromatic carboxylic acids is 1. The van der Waals surface area contributed by atoms with Crippen LogP contribution in [-0.4, -0.2) is 23.5 Å². The number of amides is 1. The number of anilines is 1. The monoisotopic (exact) mass is 273 g/mol. The van der Waals surface area contributed by atoms with Crippen molar-refractivity contribution < 1.29 is 14.7 Å². The lowest BCUT2D eigenvalue weighted by Gasteiger charge is -2.31. The molecular formula is C16H19NO3. The van der Waals surface area contributed by atoms with Gasteiger partial charge in [0.15, 0.2) is 0 Å². The second-order valence-corrected chi connectivity index (χ2v) is 5.87. The van der Waals surface area contributed by atoms with E-state index < -0.39 is 5.97 Å². The number of carbonyl (C=O) groups excluding carboxylic acids is 1. The summed E-state index contributed by atoms with van der Waals surface area (Å²) in [5.41, 5.74) is 2.18. The number of aryl methyl sites for hydroxylation is 1. The number of carbonyl (C=O) groups is 2. The second kappa shape index (κ2) is 4.93. The molecule has 20 heavy (non-hydrogen) atoms. The van der Waals surface area contributed by atoms with Gasteiger partial charge in [-0.25, -0.2) is 4.79 Å². The molecule has 1 aromatic rings. The Morgan fingerprint density at radius 2 is 2.10 bits per heavy atom. The molecule has 1 heterocycles. The van der Waals surface area contributed by atoms with Gasteiger partial charge in [-0.3, -0.25) is 4.79 Å². The number of benzene rings is 1. The lowest BCUT2D eigenvalue weighted by Crippen LogP contribution is -2.39. The number of nitrogens with zero attached hydrogens (tertiary/aromatic N) is 1. The van der Waals surface area contributed by atoms with Crippen LogP contribution in [-0.2, 0) is 11.2 Å². The SMILES string of the molecule is CC(C(=O)N1CCCc2cc(C(=O)O)ccc21)C1CC1. The van der Waals surface area contributed by atoms with Crippen LogP contribution < -0.4 is 4.90 Å². The maximum atomic E-state index is 12.6. The summed E-state index contributed by atoms with van der Waals surface area (Å²) in [7, 11) is 0. The Morgan fingerprint density at radius 1 is 1.35 bits per heavy atom. The third-order valence-corrected chi connectivity index (χ3v) is 4.43. The van der Waals surface area contributed by atoms with Crippen LogP contribution in [0.4, 0.5) is 5.69 Å². The standard InChI is InChI=1S/C16H19NO3/c1-10(11-4-5-11)15(18)17-8-2-3-12-9-13(16(19)20)6-7-14(12)17/h6-7,9-11H,2-5,8H2,1H3,(H,19,20). The fourth-order valence-electron chi connectivity index (χ4n) is 3.00. The summed E-state index contributed by atoms with van der Waals surface area (Å²) in [6.45, 7) is 2.76. The van der Waals surface area contributed by atoms with Gasteiger partial charge in [-0.1, -0.05) is 6.92 Å². The molecule has 0 bridgehead atoms. The molecule has 0 saturated heterocycles. The van der Waals surface area contributed by atoms with Crippen LogP contribution in [0.1, 0.15) is 42.1 Å². The molecule has 0 spiro atoms. The van der Waals surface area contributed by atoms with Crippen LogP contribution in [0.5, 0.6) is 0 Å². The highest BCUT2D eigenvalue weighted by molar-refractivity contribution is 5.97. The summed E-state index contributed by atoms with van der Waals surface area (Å²) in [6, 6.07) is 5.09. The Kier molecular flexibility index (Phi) is 3.24. The highest BCUT2D eigenvalue weighted by atomic mass is 16.4. The highest BCUT2D eigenvalue weighted by Crippen LogP contribution is 2.39. The van der Waals surface area contributed by atoms with Crippen molar-refractivity contribution in [3.63, 3.8) is 0 Å². The number of hydrogen-bond donors (Lipinski definition) is 1. The number of rotatable bonds is 3. The van der Waals surface area contributed by atoms with Crippen molar-refractivity contribution in [2.24, 2.45) is 11.8 Å². The molecular weight excluding hydrogens is 254 g/mol. The van der Waals surface area contributed by atoms with Gasteiger partial charge in [0.2, 0.25) is 5.91 Å². The summed E-state index contributed by atoms with van der Waals surface area (Å²) in [4.78, 5) is 25.5. The van der Waals surface area contributed by atoms with Crippen molar-refractivity contribution >= 4 is 17.6 Å². The Morgan fingerprint density at radius 3 is 2.75 bits per heavy atom. The van der Waals surface area contributed by atoms with Gasteiger partial charge in [0.25, 0.3) is 0 Å². The molecule has 0 radical (unpaired) electrons. The summed E-state index contributed by atoms with van der Waals surface area (Å²) in [5, 5.41) is 9.05. The van der Waals surface area contributed by atoms with Gasteiger partial charge in [0, 0.05) is 18.2 Å². The average Bonchev–Trinajstić information content (AvgIpc) is 3.29. The van der Waals surface area contributed by atoms with Gasteiger partial charge in [-0.15, -0.1) is 0 Å². The van der Waals surface area contributed by atoms with E-state index >= 15 is 0 Å². The predicted octanol–water partition coefficient (Wildman–Crippen LogP) is 2.71. The Balaban J connectivity index is 1.89. The van der Waals surface area contributed by atoms with E-state index in [0.717, 1.165) is 43.5 Å². The molecule has 1 aliphatic carbocycles. The highest BCUT2D eigenvalue weighted by Gasteiger charge is 2.36. The topological polar surface area (TPSA) is 57.6 Å². The summed E-state index contributed by atoms with van der Waals surface area (Å²) in [6.07, 6.45) is 4.06. The van der Waals surface area contributed by atoms with Crippen LogP contribution in [0.25, 0.3) is 0 Å². The third kappa shape index (κ3) is 2.30. The van der Waals surface area contributed by atoms with Crippen molar-refractivity contribution in [2.75, 3.05) is 11.4 Å². The molecule has 4 nitrogen and oxygen atoms in total. The molecule has 1 aromatic carbocycles. The molecule has 2 aliphatic rings. The van der Waals surface area contributed by atoms with Crippen LogP contribution >= 0.6 is 0 Å². The maximum Gasteiger partial charge on any atom is 0.335 e. The molecule has 1 N–H and O–H groups in total. The second-order valence-electron chi connectivity index (χ2n) is 5.87. The molecule has 3 rings (SSSR count). The molecule has 1 unspecified atom stereocenters.